The molecular weight excluding hydrogens is 445 g/mol. The number of carbonyl (C=O) groups is 1. The van der Waals surface area contributed by atoms with Crippen molar-refractivity contribution in [3.05, 3.63) is 57.1 Å². The average molecular weight is 461 g/mol. The highest BCUT2D eigenvalue weighted by atomic mass is 35.5. The van der Waals surface area contributed by atoms with Crippen LogP contribution in [0.1, 0.15) is 38.4 Å². The molecule has 0 aliphatic rings. The highest BCUT2D eigenvalue weighted by Crippen LogP contribution is 2.32. The third-order valence-corrected chi connectivity index (χ3v) is 6.44. The number of rotatable bonds is 3. The van der Waals surface area contributed by atoms with Crippen molar-refractivity contribution in [3.63, 3.8) is 0 Å². The molecule has 0 saturated heterocycles. The first-order chi connectivity index (χ1) is 13.7. The number of aryl methyl sites for hydroxylation is 1. The van der Waals surface area contributed by atoms with Gasteiger partial charge in [0, 0.05) is 18.1 Å². The number of pyridine rings is 2. The summed E-state index contributed by atoms with van der Waals surface area (Å²) in [6.45, 7) is 6.75. The van der Waals surface area contributed by atoms with Gasteiger partial charge >= 0.3 is 6.18 Å². The van der Waals surface area contributed by atoms with Crippen molar-refractivity contribution >= 4 is 33.2 Å². The molecule has 0 radical (unpaired) electrons. The molecule has 7 nitrogen and oxygen atoms in total. The van der Waals surface area contributed by atoms with E-state index in [2.05, 4.69) is 9.97 Å². The van der Waals surface area contributed by atoms with E-state index in [-0.39, 0.29) is 15.7 Å². The van der Waals surface area contributed by atoms with E-state index in [1.54, 1.807) is 27.7 Å². The molecule has 0 aliphatic heterocycles. The third-order valence-electron chi connectivity index (χ3n) is 4.81. The van der Waals surface area contributed by atoms with Crippen LogP contribution in [0.25, 0.3) is 5.65 Å². The van der Waals surface area contributed by atoms with Gasteiger partial charge in [-0.25, -0.2) is 14.7 Å². The first kappa shape index (κ1) is 22.0. The quantitative estimate of drug-likeness (QED) is 0.642. The van der Waals surface area contributed by atoms with E-state index in [0.717, 1.165) is 21.7 Å². The first-order valence-corrected chi connectivity index (χ1v) is 10.4. The lowest BCUT2D eigenvalue weighted by Gasteiger charge is -2.13. The molecule has 0 aromatic carbocycles. The van der Waals surface area contributed by atoms with Gasteiger partial charge in [0.15, 0.2) is 10.7 Å². The summed E-state index contributed by atoms with van der Waals surface area (Å²) >= 11 is 5.84. The highest BCUT2D eigenvalue weighted by molar-refractivity contribution is 7.90. The van der Waals surface area contributed by atoms with E-state index in [1.807, 2.05) is 4.72 Å². The summed E-state index contributed by atoms with van der Waals surface area (Å²) in [5, 5.41) is -0.647. The zero-order valence-electron chi connectivity index (χ0n) is 16.2. The Morgan fingerprint density at radius 3 is 2.30 bits per heavy atom. The van der Waals surface area contributed by atoms with Crippen molar-refractivity contribution in [2.75, 3.05) is 0 Å². The second-order valence-electron chi connectivity index (χ2n) is 6.74. The number of amides is 1. The Balaban J connectivity index is 2.00. The fourth-order valence-corrected chi connectivity index (χ4v) is 4.35. The molecule has 30 heavy (non-hydrogen) atoms. The lowest BCUT2D eigenvalue weighted by molar-refractivity contribution is -0.137. The number of sulfonamides is 1. The Hall–Kier alpha value is -2.66. The third kappa shape index (κ3) is 3.86. The summed E-state index contributed by atoms with van der Waals surface area (Å²) < 4.78 is 67.0. The fourth-order valence-electron chi connectivity index (χ4n) is 2.84. The maximum Gasteiger partial charge on any atom is 0.417 e. The zero-order valence-corrected chi connectivity index (χ0v) is 17.8. The zero-order chi connectivity index (χ0) is 22.6. The number of aromatic nitrogens is 3. The molecular formula is C18H16ClF3N4O3S. The molecule has 1 amide bonds. The SMILES string of the molecule is Cc1nc(S(=O)(=O)NC(=O)c2cn3cc(C(F)(F)F)cc(Cl)c3n2)c(C)c(C)c1C. The summed E-state index contributed by atoms with van der Waals surface area (Å²) in [7, 11) is -4.35. The van der Waals surface area contributed by atoms with Gasteiger partial charge in [0.2, 0.25) is 0 Å². The maximum atomic E-state index is 12.9. The molecule has 3 aromatic heterocycles. The number of nitrogens with zero attached hydrogens (tertiary/aromatic N) is 3. The van der Waals surface area contributed by atoms with E-state index >= 15 is 0 Å². The predicted molar refractivity (Wildman–Crippen MR) is 103 cm³/mol. The van der Waals surface area contributed by atoms with Crippen molar-refractivity contribution in [3.8, 4) is 0 Å². The summed E-state index contributed by atoms with van der Waals surface area (Å²) in [6, 6.07) is 0.674. The van der Waals surface area contributed by atoms with Crippen LogP contribution in [0.4, 0.5) is 13.2 Å². The van der Waals surface area contributed by atoms with Crippen LogP contribution in [-0.4, -0.2) is 28.7 Å². The number of hydrogen-bond acceptors (Lipinski definition) is 5. The Labute approximate surface area is 175 Å². The standard InChI is InChI=1S/C18H16ClF3N4O3S/c1-8-9(2)11(4)23-17(10(8)3)30(28,29)25-16(27)14-7-26-6-12(18(20,21)22)5-13(19)15(26)24-14/h5-7H,1-4H3,(H,25,27). The molecule has 1 N–H and O–H groups in total. The van der Waals surface area contributed by atoms with E-state index in [0.29, 0.717) is 23.5 Å². The van der Waals surface area contributed by atoms with Gasteiger partial charge in [-0.3, -0.25) is 4.79 Å². The van der Waals surface area contributed by atoms with Crippen LogP contribution in [-0.2, 0) is 16.2 Å². The van der Waals surface area contributed by atoms with Crippen molar-refractivity contribution < 1.29 is 26.4 Å². The van der Waals surface area contributed by atoms with Gasteiger partial charge in [0.25, 0.3) is 15.9 Å². The van der Waals surface area contributed by atoms with E-state index in [1.165, 1.54) is 0 Å². The van der Waals surface area contributed by atoms with Gasteiger partial charge in [0.05, 0.1) is 10.6 Å². The minimum absolute atomic E-state index is 0.122. The first-order valence-electron chi connectivity index (χ1n) is 8.49. The smallest absolute Gasteiger partial charge is 0.304 e. The molecule has 3 heterocycles. The second kappa shape index (κ2) is 7.24. The Bertz CT molecular complexity index is 1300. The van der Waals surface area contributed by atoms with Crippen molar-refractivity contribution in [1.82, 2.24) is 19.1 Å². The summed E-state index contributed by atoms with van der Waals surface area (Å²) in [6.07, 6.45) is -2.98. The van der Waals surface area contributed by atoms with Crippen LogP contribution >= 0.6 is 11.6 Å². The van der Waals surface area contributed by atoms with Crippen LogP contribution < -0.4 is 4.72 Å². The average Bonchev–Trinajstić information content (AvgIpc) is 3.07. The Morgan fingerprint density at radius 2 is 1.70 bits per heavy atom. The fraction of sp³-hybridized carbons (Fsp3) is 0.278. The molecule has 0 unspecified atom stereocenters. The van der Waals surface area contributed by atoms with Gasteiger partial charge in [-0.15, -0.1) is 0 Å². The van der Waals surface area contributed by atoms with Crippen LogP contribution in [0.5, 0.6) is 0 Å². The monoisotopic (exact) mass is 460 g/mol. The van der Waals surface area contributed by atoms with Crippen LogP contribution in [0.15, 0.2) is 23.5 Å². The normalized spacial score (nSPS) is 12.4. The Kier molecular flexibility index (Phi) is 5.32. The second-order valence-corrected chi connectivity index (χ2v) is 8.75. The van der Waals surface area contributed by atoms with Crippen molar-refractivity contribution in [2.24, 2.45) is 0 Å². The summed E-state index contributed by atoms with van der Waals surface area (Å²) in [4.78, 5) is 20.4. The van der Waals surface area contributed by atoms with Gasteiger partial charge in [-0.05, 0) is 50.5 Å². The Morgan fingerprint density at radius 1 is 1.07 bits per heavy atom. The van der Waals surface area contributed by atoms with Crippen molar-refractivity contribution in [1.29, 1.82) is 0 Å². The summed E-state index contributed by atoms with van der Waals surface area (Å²) in [5.74, 6) is -1.12. The van der Waals surface area contributed by atoms with E-state index < -0.39 is 33.4 Å². The minimum atomic E-state index is -4.65. The molecule has 0 fully saturated rings. The van der Waals surface area contributed by atoms with Gasteiger partial charge < -0.3 is 4.40 Å². The van der Waals surface area contributed by atoms with E-state index in [9.17, 15) is 26.4 Å². The molecule has 0 aliphatic carbocycles. The summed E-state index contributed by atoms with van der Waals surface area (Å²) in [5.41, 5.74) is 0.836. The van der Waals surface area contributed by atoms with Gasteiger partial charge in [-0.2, -0.15) is 21.6 Å². The van der Waals surface area contributed by atoms with Crippen LogP contribution in [0.2, 0.25) is 5.02 Å². The molecule has 0 atom stereocenters. The van der Waals surface area contributed by atoms with Crippen LogP contribution in [0, 0.1) is 27.7 Å². The largest absolute Gasteiger partial charge is 0.417 e. The minimum Gasteiger partial charge on any atom is -0.304 e. The number of halogens is 4. The molecule has 3 aromatic rings. The lowest BCUT2D eigenvalue weighted by atomic mass is 10.1. The molecule has 0 bridgehead atoms. The number of hydrogen-bond donors (Lipinski definition) is 1. The van der Waals surface area contributed by atoms with Crippen molar-refractivity contribution in [2.45, 2.75) is 38.9 Å². The highest BCUT2D eigenvalue weighted by Gasteiger charge is 2.32. The maximum absolute atomic E-state index is 12.9. The van der Waals surface area contributed by atoms with E-state index in [4.69, 9.17) is 11.6 Å². The van der Waals surface area contributed by atoms with Gasteiger partial charge in [0.1, 0.15) is 5.69 Å². The number of nitrogens with one attached hydrogen (secondary N) is 1. The topological polar surface area (TPSA) is 93.4 Å². The molecule has 3 rings (SSSR count). The number of alkyl halides is 3. The molecule has 0 saturated carbocycles. The molecule has 160 valence electrons. The van der Waals surface area contributed by atoms with Gasteiger partial charge in [-0.1, -0.05) is 11.6 Å². The number of imidazole rings is 1. The predicted octanol–water partition coefficient (Wildman–Crippen LogP) is 3.75. The number of fused-ring (bicyclic) bond motifs is 1. The van der Waals surface area contributed by atoms with Crippen LogP contribution in [0.3, 0.4) is 0 Å². The lowest BCUT2D eigenvalue weighted by Crippen LogP contribution is -2.32. The molecule has 0 spiro atoms. The molecule has 12 heteroatoms. The number of carbonyl (C=O) groups excluding carboxylic acids is 1.